The monoisotopic (exact) mass is 401 g/mol. The van der Waals surface area contributed by atoms with E-state index in [4.69, 9.17) is 9.47 Å². The highest BCUT2D eigenvalue weighted by Crippen LogP contribution is 2.51. The zero-order valence-electron chi connectivity index (χ0n) is 17.8. The van der Waals surface area contributed by atoms with Crippen molar-refractivity contribution in [2.75, 3.05) is 5.32 Å². The third kappa shape index (κ3) is 3.32. The van der Waals surface area contributed by atoms with Crippen LogP contribution >= 0.6 is 0 Å². The molecule has 1 amide bonds. The zero-order valence-corrected chi connectivity index (χ0v) is 17.8. The minimum absolute atomic E-state index is 0.0204. The number of carbonyl (C=O) groups excluding carboxylic acids is 1. The summed E-state index contributed by atoms with van der Waals surface area (Å²) in [6.07, 6.45) is -0.0137. The van der Waals surface area contributed by atoms with Crippen molar-refractivity contribution in [3.63, 3.8) is 0 Å². The van der Waals surface area contributed by atoms with Gasteiger partial charge in [-0.2, -0.15) is 0 Å². The minimum Gasteiger partial charge on any atom is -0.491 e. The second kappa shape index (κ2) is 7.86. The summed E-state index contributed by atoms with van der Waals surface area (Å²) >= 11 is 0. The first kappa shape index (κ1) is 20.0. The molecule has 0 aliphatic carbocycles. The number of rotatable bonds is 6. The fraction of sp³-hybridized carbons (Fsp3) is 0.269. The lowest BCUT2D eigenvalue weighted by molar-refractivity contribution is -0.118. The molecular formula is C26H27NO3. The molecule has 0 saturated carbocycles. The van der Waals surface area contributed by atoms with Gasteiger partial charge in [0.25, 0.3) is 0 Å². The van der Waals surface area contributed by atoms with Crippen LogP contribution in [0.5, 0.6) is 11.5 Å². The van der Waals surface area contributed by atoms with Gasteiger partial charge < -0.3 is 14.8 Å². The van der Waals surface area contributed by atoms with Crippen LogP contribution in [0.1, 0.15) is 44.4 Å². The van der Waals surface area contributed by atoms with Crippen LogP contribution in [-0.4, -0.2) is 18.1 Å². The third-order valence-corrected chi connectivity index (χ3v) is 5.22. The number of fused-ring (bicyclic) bond motifs is 1. The Morgan fingerprint density at radius 2 is 1.43 bits per heavy atom. The van der Waals surface area contributed by atoms with Gasteiger partial charge in [-0.3, -0.25) is 4.79 Å². The number of hydrogen-bond acceptors (Lipinski definition) is 3. The normalized spacial score (nSPS) is 17.7. The molecule has 0 spiro atoms. The molecule has 4 rings (SSSR count). The molecule has 1 aliphatic heterocycles. The van der Waals surface area contributed by atoms with E-state index < -0.39 is 5.41 Å². The molecule has 0 fully saturated rings. The summed E-state index contributed by atoms with van der Waals surface area (Å²) in [6.45, 7) is 7.95. The number of carbonyl (C=O) groups is 1. The summed E-state index contributed by atoms with van der Waals surface area (Å²) in [5.41, 5.74) is 2.37. The van der Waals surface area contributed by atoms with Gasteiger partial charge in [0.2, 0.25) is 5.91 Å². The Balaban J connectivity index is 2.05. The third-order valence-electron chi connectivity index (χ3n) is 5.22. The van der Waals surface area contributed by atoms with Gasteiger partial charge in [-0.25, -0.2) is 0 Å². The quantitative estimate of drug-likeness (QED) is 0.589. The summed E-state index contributed by atoms with van der Waals surface area (Å²) in [4.78, 5) is 13.7. The van der Waals surface area contributed by atoms with E-state index in [-0.39, 0.29) is 18.1 Å². The molecule has 0 bridgehead atoms. The lowest BCUT2D eigenvalue weighted by Crippen LogP contribution is -2.37. The molecule has 0 aromatic heterocycles. The largest absolute Gasteiger partial charge is 0.491 e. The maximum absolute atomic E-state index is 13.7. The van der Waals surface area contributed by atoms with E-state index in [0.29, 0.717) is 11.5 Å². The van der Waals surface area contributed by atoms with E-state index in [2.05, 4.69) is 5.32 Å². The van der Waals surface area contributed by atoms with Crippen molar-refractivity contribution in [2.45, 2.75) is 45.3 Å². The second-order valence-corrected chi connectivity index (χ2v) is 8.11. The Kier molecular flexibility index (Phi) is 5.25. The molecule has 3 aromatic carbocycles. The van der Waals surface area contributed by atoms with Crippen molar-refractivity contribution in [3.05, 3.63) is 89.5 Å². The van der Waals surface area contributed by atoms with E-state index in [1.165, 1.54) is 0 Å². The van der Waals surface area contributed by atoms with E-state index >= 15 is 0 Å². The number of ether oxygens (including phenoxy) is 2. The lowest BCUT2D eigenvalue weighted by atomic mass is 9.70. The molecule has 1 N–H and O–H groups in total. The van der Waals surface area contributed by atoms with Crippen molar-refractivity contribution in [1.82, 2.24) is 0 Å². The molecule has 30 heavy (non-hydrogen) atoms. The van der Waals surface area contributed by atoms with Crippen LogP contribution in [0.4, 0.5) is 5.69 Å². The average molecular weight is 402 g/mol. The van der Waals surface area contributed by atoms with Crippen molar-refractivity contribution in [1.29, 1.82) is 0 Å². The van der Waals surface area contributed by atoms with Crippen LogP contribution in [-0.2, 0) is 10.2 Å². The lowest BCUT2D eigenvalue weighted by Gasteiger charge is -2.31. The van der Waals surface area contributed by atoms with Gasteiger partial charge in [0.1, 0.15) is 16.9 Å². The van der Waals surface area contributed by atoms with Crippen LogP contribution in [0.25, 0.3) is 0 Å². The second-order valence-electron chi connectivity index (χ2n) is 8.11. The van der Waals surface area contributed by atoms with Crippen molar-refractivity contribution in [2.24, 2.45) is 0 Å². The number of nitrogens with one attached hydrogen (secondary N) is 1. The Bertz CT molecular complexity index is 1060. The molecule has 0 radical (unpaired) electrons. The first-order valence-corrected chi connectivity index (χ1v) is 10.4. The molecule has 3 aromatic rings. The van der Waals surface area contributed by atoms with E-state index in [1.807, 2.05) is 100 Å². The van der Waals surface area contributed by atoms with Gasteiger partial charge in [-0.05, 0) is 57.5 Å². The van der Waals surface area contributed by atoms with Gasteiger partial charge in [0, 0.05) is 16.8 Å². The smallest absolute Gasteiger partial charge is 0.244 e. The molecule has 154 valence electrons. The van der Waals surface area contributed by atoms with Gasteiger partial charge >= 0.3 is 0 Å². The summed E-state index contributed by atoms with van der Waals surface area (Å²) in [7, 11) is 0. The molecule has 1 heterocycles. The highest BCUT2D eigenvalue weighted by Gasteiger charge is 2.51. The number of anilines is 1. The molecule has 4 nitrogen and oxygen atoms in total. The number of amides is 1. The van der Waals surface area contributed by atoms with Crippen LogP contribution < -0.4 is 14.8 Å². The fourth-order valence-corrected chi connectivity index (χ4v) is 4.16. The summed E-state index contributed by atoms with van der Waals surface area (Å²) in [6, 6.07) is 23.5. The Labute approximate surface area is 177 Å². The van der Waals surface area contributed by atoms with Crippen molar-refractivity contribution in [3.8, 4) is 11.5 Å². The number of hydrogen-bond donors (Lipinski definition) is 1. The topological polar surface area (TPSA) is 47.6 Å². The maximum Gasteiger partial charge on any atom is 0.244 e. The predicted molar refractivity (Wildman–Crippen MR) is 119 cm³/mol. The van der Waals surface area contributed by atoms with Gasteiger partial charge in [0.15, 0.2) is 0 Å². The molecular weight excluding hydrogens is 374 g/mol. The van der Waals surface area contributed by atoms with E-state index in [0.717, 1.165) is 22.4 Å². The van der Waals surface area contributed by atoms with Gasteiger partial charge in [0.05, 0.1) is 12.2 Å². The van der Waals surface area contributed by atoms with Crippen LogP contribution in [0.15, 0.2) is 72.8 Å². The summed E-state index contributed by atoms with van der Waals surface area (Å²) in [5.74, 6) is 1.30. The molecule has 1 aliphatic rings. The Morgan fingerprint density at radius 3 is 2.13 bits per heavy atom. The molecule has 4 heteroatoms. The highest BCUT2D eigenvalue weighted by atomic mass is 16.5. The van der Waals surface area contributed by atoms with E-state index in [1.54, 1.807) is 0 Å². The molecule has 1 unspecified atom stereocenters. The van der Waals surface area contributed by atoms with Gasteiger partial charge in [-0.1, -0.05) is 48.5 Å². The van der Waals surface area contributed by atoms with Crippen molar-refractivity contribution < 1.29 is 14.3 Å². The molecule has 0 saturated heterocycles. The summed E-state index contributed by atoms with van der Waals surface area (Å²) < 4.78 is 12.2. The number of para-hydroxylation sites is 1. The van der Waals surface area contributed by atoms with Crippen LogP contribution in [0, 0.1) is 0 Å². The van der Waals surface area contributed by atoms with E-state index in [9.17, 15) is 4.79 Å². The predicted octanol–water partition coefficient (Wildman–Crippen LogP) is 5.55. The number of benzene rings is 3. The highest BCUT2D eigenvalue weighted by molar-refractivity contribution is 6.11. The Morgan fingerprint density at radius 1 is 0.767 bits per heavy atom. The fourth-order valence-electron chi connectivity index (χ4n) is 4.16. The minimum atomic E-state index is -1.03. The summed E-state index contributed by atoms with van der Waals surface area (Å²) in [5, 5.41) is 3.09. The average Bonchev–Trinajstić information content (AvgIpc) is 3.01. The van der Waals surface area contributed by atoms with Gasteiger partial charge in [-0.15, -0.1) is 0 Å². The van der Waals surface area contributed by atoms with Crippen LogP contribution in [0.3, 0.4) is 0 Å². The standard InChI is InChI=1S/C26H27NO3/c1-17(2)29-20-14-15-24(30-18(3)4)22(16-20)26(19-10-6-5-7-11-19)21-12-8-9-13-23(21)27-25(26)28/h5-18H,1-4H3,(H,27,28). The maximum atomic E-state index is 13.7. The zero-order chi connectivity index (χ0) is 21.3. The van der Waals surface area contributed by atoms with Crippen molar-refractivity contribution >= 4 is 11.6 Å². The SMILES string of the molecule is CC(C)Oc1ccc(OC(C)C)c(C2(c3ccccc3)C(=O)Nc3ccccc32)c1. The van der Waals surface area contributed by atoms with Crippen LogP contribution in [0.2, 0.25) is 0 Å². The first-order chi connectivity index (χ1) is 14.4. The molecule has 1 atom stereocenters. The first-order valence-electron chi connectivity index (χ1n) is 10.4. The Hall–Kier alpha value is -3.27.